The monoisotopic (exact) mass is 498 g/mol. The number of allylic oxidation sites excluding steroid dienone is 2. The third-order valence-corrected chi connectivity index (χ3v) is 6.42. The summed E-state index contributed by atoms with van der Waals surface area (Å²) in [4.78, 5) is 49.8. The zero-order chi connectivity index (χ0) is 25.9. The molecule has 9 nitrogen and oxygen atoms in total. The first-order valence-corrected chi connectivity index (χ1v) is 11.7. The number of esters is 1. The van der Waals surface area contributed by atoms with Crippen molar-refractivity contribution in [3.05, 3.63) is 106 Å². The third-order valence-electron chi connectivity index (χ3n) is 6.42. The summed E-state index contributed by atoms with van der Waals surface area (Å²) in [5.41, 5.74) is 1.31. The van der Waals surface area contributed by atoms with Crippen molar-refractivity contribution in [2.24, 2.45) is 11.8 Å². The lowest BCUT2D eigenvalue weighted by Gasteiger charge is -2.15. The van der Waals surface area contributed by atoms with Crippen molar-refractivity contribution in [3.8, 4) is 11.5 Å². The van der Waals surface area contributed by atoms with Gasteiger partial charge in [0.15, 0.2) is 0 Å². The molecule has 3 aromatic carbocycles. The molecule has 0 aromatic heterocycles. The Morgan fingerprint density at radius 3 is 2.08 bits per heavy atom. The van der Waals surface area contributed by atoms with Crippen LogP contribution in [0.5, 0.6) is 11.5 Å². The molecule has 37 heavy (non-hydrogen) atoms. The van der Waals surface area contributed by atoms with E-state index < -0.39 is 10.9 Å². The molecule has 3 aromatic rings. The molecule has 1 aliphatic carbocycles. The molecular formula is C28H22N2O7. The number of carbonyl (C=O) groups is 3. The Hall–Kier alpha value is -4.79. The van der Waals surface area contributed by atoms with Gasteiger partial charge in [-0.15, -0.1) is 0 Å². The van der Waals surface area contributed by atoms with Crippen molar-refractivity contribution >= 4 is 29.2 Å². The van der Waals surface area contributed by atoms with E-state index in [1.54, 1.807) is 42.5 Å². The Balaban J connectivity index is 1.20. The van der Waals surface area contributed by atoms with Gasteiger partial charge in [-0.25, -0.2) is 4.79 Å². The van der Waals surface area contributed by atoms with Gasteiger partial charge in [-0.2, -0.15) is 0 Å². The fourth-order valence-electron chi connectivity index (χ4n) is 4.48. The summed E-state index contributed by atoms with van der Waals surface area (Å²) in [6.07, 6.45) is 4.95. The van der Waals surface area contributed by atoms with Crippen LogP contribution in [0.15, 0.2) is 84.9 Å². The zero-order valence-corrected chi connectivity index (χ0v) is 19.6. The van der Waals surface area contributed by atoms with Gasteiger partial charge in [-0.05, 0) is 60.9 Å². The van der Waals surface area contributed by atoms with Gasteiger partial charge in [0.05, 0.1) is 28.0 Å². The largest absolute Gasteiger partial charge is 0.457 e. The second-order valence-corrected chi connectivity index (χ2v) is 8.79. The lowest BCUT2D eigenvalue weighted by Crippen LogP contribution is -2.31. The van der Waals surface area contributed by atoms with Crippen LogP contribution in [-0.2, 0) is 20.9 Å². The molecular weight excluding hydrogens is 476 g/mol. The zero-order valence-electron chi connectivity index (χ0n) is 19.6. The number of hydrogen-bond donors (Lipinski definition) is 0. The van der Waals surface area contributed by atoms with Crippen LogP contribution in [0.4, 0.5) is 11.4 Å². The molecule has 0 saturated carbocycles. The molecule has 1 saturated heterocycles. The minimum Gasteiger partial charge on any atom is -0.457 e. The molecule has 2 atom stereocenters. The summed E-state index contributed by atoms with van der Waals surface area (Å²) < 4.78 is 11.1. The number of nitro groups is 1. The van der Waals surface area contributed by atoms with E-state index in [9.17, 15) is 24.5 Å². The van der Waals surface area contributed by atoms with Crippen LogP contribution >= 0.6 is 0 Å². The van der Waals surface area contributed by atoms with Crippen LogP contribution in [-0.4, -0.2) is 22.7 Å². The van der Waals surface area contributed by atoms with Crippen molar-refractivity contribution in [1.82, 2.24) is 0 Å². The van der Waals surface area contributed by atoms with Crippen LogP contribution in [0.25, 0.3) is 0 Å². The Kier molecular flexibility index (Phi) is 6.51. The van der Waals surface area contributed by atoms with Crippen molar-refractivity contribution in [2.75, 3.05) is 4.90 Å². The first kappa shape index (κ1) is 23.9. The van der Waals surface area contributed by atoms with E-state index in [0.717, 1.165) is 5.56 Å². The maximum atomic E-state index is 12.8. The molecule has 0 N–H and O–H groups in total. The Morgan fingerprint density at radius 1 is 0.892 bits per heavy atom. The summed E-state index contributed by atoms with van der Waals surface area (Å²) in [6.45, 7) is 0.0122. The summed E-state index contributed by atoms with van der Waals surface area (Å²) in [5.74, 6) is -0.767. The number of rotatable bonds is 7. The van der Waals surface area contributed by atoms with Gasteiger partial charge < -0.3 is 9.47 Å². The molecule has 9 heteroatoms. The van der Waals surface area contributed by atoms with Crippen LogP contribution in [0, 0.1) is 22.0 Å². The maximum absolute atomic E-state index is 12.8. The maximum Gasteiger partial charge on any atom is 0.338 e. The molecule has 5 rings (SSSR count). The molecule has 0 radical (unpaired) electrons. The Labute approximate surface area is 212 Å². The molecule has 2 amide bonds. The molecule has 1 fully saturated rings. The normalized spacial score (nSPS) is 18.4. The van der Waals surface area contributed by atoms with Crippen LogP contribution in [0.1, 0.15) is 28.8 Å². The molecule has 0 spiro atoms. The number of carbonyl (C=O) groups excluding carboxylic acids is 3. The lowest BCUT2D eigenvalue weighted by atomic mass is 9.85. The highest BCUT2D eigenvalue weighted by molar-refractivity contribution is 6.22. The fraction of sp³-hybridized carbons (Fsp3) is 0.179. The highest BCUT2D eigenvalue weighted by Gasteiger charge is 2.47. The standard InChI is InChI=1S/C28H22N2O7/c31-26-24-6-1-2-7-25(24)27(32)29(26)21-5-3-4-19(16-21)28(33)36-17-18-8-12-22(13-9-18)37-23-14-10-20(11-15-23)30(34)35/h1-5,8-16,24-25H,6-7,17H2. The Bertz CT molecular complexity index is 1370. The van der Waals surface area contributed by atoms with Crippen molar-refractivity contribution in [1.29, 1.82) is 0 Å². The Morgan fingerprint density at radius 2 is 1.49 bits per heavy atom. The topological polar surface area (TPSA) is 116 Å². The van der Waals surface area contributed by atoms with Crippen LogP contribution in [0.3, 0.4) is 0 Å². The summed E-state index contributed by atoms with van der Waals surface area (Å²) in [6, 6.07) is 19.0. The number of nitro benzene ring substituents is 1. The van der Waals surface area contributed by atoms with E-state index in [4.69, 9.17) is 9.47 Å². The fourth-order valence-corrected chi connectivity index (χ4v) is 4.48. The van der Waals surface area contributed by atoms with E-state index >= 15 is 0 Å². The predicted octanol–water partition coefficient (Wildman–Crippen LogP) is 5.20. The SMILES string of the molecule is O=C(OCc1ccc(Oc2ccc([N+](=O)[O-])cc2)cc1)c1cccc(N2C(=O)C3CC=CCC3C2=O)c1. The van der Waals surface area contributed by atoms with E-state index in [-0.39, 0.29) is 41.5 Å². The first-order chi connectivity index (χ1) is 17.9. The second kappa shape index (κ2) is 10.1. The lowest BCUT2D eigenvalue weighted by molar-refractivity contribution is -0.384. The number of amides is 2. The third kappa shape index (κ3) is 4.97. The molecule has 1 aliphatic heterocycles. The number of imide groups is 1. The van der Waals surface area contributed by atoms with Gasteiger partial charge in [0.2, 0.25) is 11.8 Å². The van der Waals surface area contributed by atoms with Crippen molar-refractivity contribution in [3.63, 3.8) is 0 Å². The number of nitrogens with zero attached hydrogens (tertiary/aromatic N) is 2. The smallest absolute Gasteiger partial charge is 0.338 e. The van der Waals surface area contributed by atoms with Gasteiger partial charge in [-0.3, -0.25) is 24.6 Å². The van der Waals surface area contributed by atoms with Gasteiger partial charge >= 0.3 is 5.97 Å². The average Bonchev–Trinajstić information content (AvgIpc) is 3.18. The van der Waals surface area contributed by atoms with Crippen molar-refractivity contribution < 1.29 is 28.8 Å². The van der Waals surface area contributed by atoms with Crippen LogP contribution in [0.2, 0.25) is 0 Å². The number of fused-ring (bicyclic) bond motifs is 1. The van der Waals surface area contributed by atoms with Crippen LogP contribution < -0.4 is 9.64 Å². The van der Waals surface area contributed by atoms with E-state index in [1.807, 2.05) is 12.2 Å². The summed E-state index contributed by atoms with van der Waals surface area (Å²) >= 11 is 0. The van der Waals surface area contributed by atoms with Crippen molar-refractivity contribution in [2.45, 2.75) is 19.4 Å². The molecule has 2 aliphatic rings. The first-order valence-electron chi connectivity index (χ1n) is 11.7. The number of hydrogen-bond acceptors (Lipinski definition) is 7. The molecule has 186 valence electrons. The number of non-ortho nitro benzene ring substituents is 1. The summed E-state index contributed by atoms with van der Waals surface area (Å²) in [5, 5.41) is 10.8. The number of ether oxygens (including phenoxy) is 2. The average molecular weight is 498 g/mol. The minimum absolute atomic E-state index is 0.0122. The van der Waals surface area contributed by atoms with Gasteiger partial charge in [0.25, 0.3) is 5.69 Å². The number of anilines is 1. The van der Waals surface area contributed by atoms with E-state index in [2.05, 4.69) is 0 Å². The quantitative estimate of drug-likeness (QED) is 0.145. The highest BCUT2D eigenvalue weighted by atomic mass is 16.6. The van der Waals surface area contributed by atoms with Gasteiger partial charge in [-0.1, -0.05) is 30.4 Å². The minimum atomic E-state index is -0.578. The molecule has 1 heterocycles. The molecule has 2 unspecified atom stereocenters. The van der Waals surface area contributed by atoms with E-state index in [1.165, 1.54) is 35.2 Å². The van der Waals surface area contributed by atoms with E-state index in [0.29, 0.717) is 30.0 Å². The second-order valence-electron chi connectivity index (χ2n) is 8.79. The van der Waals surface area contributed by atoms with Gasteiger partial charge in [0, 0.05) is 12.1 Å². The number of benzene rings is 3. The molecule has 0 bridgehead atoms. The van der Waals surface area contributed by atoms with Gasteiger partial charge in [0.1, 0.15) is 18.1 Å². The highest BCUT2D eigenvalue weighted by Crippen LogP contribution is 2.37. The summed E-state index contributed by atoms with van der Waals surface area (Å²) in [7, 11) is 0. The predicted molar refractivity (Wildman–Crippen MR) is 133 cm³/mol.